The van der Waals surface area contributed by atoms with Gasteiger partial charge in [0.15, 0.2) is 0 Å². The van der Waals surface area contributed by atoms with Gasteiger partial charge in [-0.3, -0.25) is 9.48 Å². The summed E-state index contributed by atoms with van der Waals surface area (Å²) in [6, 6.07) is 0. The average molecular weight is 295 g/mol. The predicted octanol–water partition coefficient (Wildman–Crippen LogP) is 1.83. The smallest absolute Gasteiger partial charge is 0.220 e. The molecule has 0 spiro atoms. The lowest BCUT2D eigenvalue weighted by Gasteiger charge is -2.10. The lowest BCUT2D eigenvalue weighted by Crippen LogP contribution is -2.29. The van der Waals surface area contributed by atoms with Gasteiger partial charge in [-0.05, 0) is 37.7 Å². The SMILES string of the molecule is Cc1nn(CC(C)C)c(C)c1CCC(=O)NCC(C)CO. The summed E-state index contributed by atoms with van der Waals surface area (Å²) in [5.41, 5.74) is 3.36. The summed E-state index contributed by atoms with van der Waals surface area (Å²) < 4.78 is 2.04. The van der Waals surface area contributed by atoms with Crippen LogP contribution in [0.3, 0.4) is 0 Å². The van der Waals surface area contributed by atoms with Crippen molar-refractivity contribution < 1.29 is 9.90 Å². The standard InChI is InChI=1S/C16H29N3O2/c1-11(2)9-19-14(5)15(13(4)18-19)6-7-16(21)17-8-12(3)10-20/h11-12,20H,6-10H2,1-5H3,(H,17,21). The fraction of sp³-hybridized carbons (Fsp3) is 0.750. The van der Waals surface area contributed by atoms with Gasteiger partial charge in [0.05, 0.1) is 5.69 Å². The van der Waals surface area contributed by atoms with Crippen molar-refractivity contribution in [1.29, 1.82) is 0 Å². The molecular weight excluding hydrogens is 266 g/mol. The summed E-state index contributed by atoms with van der Waals surface area (Å²) in [7, 11) is 0. The zero-order valence-corrected chi connectivity index (χ0v) is 13.9. The Morgan fingerprint density at radius 2 is 2.00 bits per heavy atom. The Kier molecular flexibility index (Phi) is 6.89. The zero-order chi connectivity index (χ0) is 16.0. The van der Waals surface area contributed by atoms with E-state index >= 15 is 0 Å². The van der Waals surface area contributed by atoms with Gasteiger partial charge in [0.25, 0.3) is 0 Å². The molecule has 2 N–H and O–H groups in total. The van der Waals surface area contributed by atoms with Crippen LogP contribution in [0, 0.1) is 25.7 Å². The molecule has 0 saturated carbocycles. The number of carbonyl (C=O) groups is 1. The molecule has 120 valence electrons. The molecule has 5 heteroatoms. The molecule has 1 rings (SSSR count). The summed E-state index contributed by atoms with van der Waals surface area (Å²) in [4.78, 5) is 11.8. The van der Waals surface area contributed by atoms with Gasteiger partial charge in [-0.1, -0.05) is 20.8 Å². The summed E-state index contributed by atoms with van der Waals surface area (Å²) >= 11 is 0. The van der Waals surface area contributed by atoms with E-state index in [1.165, 1.54) is 5.56 Å². The van der Waals surface area contributed by atoms with E-state index in [0.29, 0.717) is 18.9 Å². The van der Waals surface area contributed by atoms with Gasteiger partial charge in [0, 0.05) is 31.8 Å². The lowest BCUT2D eigenvalue weighted by molar-refractivity contribution is -0.121. The number of nitrogens with one attached hydrogen (secondary N) is 1. The van der Waals surface area contributed by atoms with E-state index in [1.54, 1.807) is 0 Å². The maximum atomic E-state index is 11.8. The van der Waals surface area contributed by atoms with Crippen LogP contribution in [0.5, 0.6) is 0 Å². The lowest BCUT2D eigenvalue weighted by atomic mass is 10.1. The van der Waals surface area contributed by atoms with Crippen molar-refractivity contribution in [3.05, 3.63) is 17.0 Å². The zero-order valence-electron chi connectivity index (χ0n) is 13.9. The number of aromatic nitrogens is 2. The van der Waals surface area contributed by atoms with Crippen LogP contribution in [0.2, 0.25) is 0 Å². The number of nitrogens with zero attached hydrogens (tertiary/aromatic N) is 2. The first-order chi connectivity index (χ1) is 9.85. The molecule has 0 fully saturated rings. The number of aryl methyl sites for hydroxylation is 1. The van der Waals surface area contributed by atoms with E-state index in [-0.39, 0.29) is 18.4 Å². The topological polar surface area (TPSA) is 67.2 Å². The minimum absolute atomic E-state index is 0.0331. The molecule has 0 radical (unpaired) electrons. The van der Waals surface area contributed by atoms with E-state index in [9.17, 15) is 4.79 Å². The van der Waals surface area contributed by atoms with E-state index < -0.39 is 0 Å². The van der Waals surface area contributed by atoms with Crippen molar-refractivity contribution >= 4 is 5.91 Å². The molecule has 1 unspecified atom stereocenters. The van der Waals surface area contributed by atoms with Crippen LogP contribution in [0.4, 0.5) is 0 Å². The van der Waals surface area contributed by atoms with Crippen LogP contribution in [0.25, 0.3) is 0 Å². The Labute approximate surface area is 127 Å². The molecule has 0 bridgehead atoms. The fourth-order valence-corrected chi connectivity index (χ4v) is 2.30. The van der Waals surface area contributed by atoms with E-state index in [4.69, 9.17) is 5.11 Å². The molecule has 0 aliphatic rings. The number of carbonyl (C=O) groups excluding carboxylic acids is 1. The van der Waals surface area contributed by atoms with Crippen LogP contribution in [-0.2, 0) is 17.8 Å². The Morgan fingerprint density at radius 3 is 2.57 bits per heavy atom. The van der Waals surface area contributed by atoms with Gasteiger partial charge in [-0.15, -0.1) is 0 Å². The van der Waals surface area contributed by atoms with E-state index in [2.05, 4.69) is 31.2 Å². The minimum atomic E-state index is 0.0331. The van der Waals surface area contributed by atoms with Crippen molar-refractivity contribution in [2.45, 2.75) is 54.0 Å². The largest absolute Gasteiger partial charge is 0.396 e. The molecule has 1 aromatic rings. The molecule has 0 aliphatic heterocycles. The average Bonchev–Trinajstić information content (AvgIpc) is 2.68. The van der Waals surface area contributed by atoms with E-state index in [1.807, 2.05) is 18.5 Å². The second kappa shape index (κ2) is 8.17. The number of hydrogen-bond donors (Lipinski definition) is 2. The fourth-order valence-electron chi connectivity index (χ4n) is 2.30. The monoisotopic (exact) mass is 295 g/mol. The van der Waals surface area contributed by atoms with Crippen molar-refractivity contribution in [2.75, 3.05) is 13.2 Å². The van der Waals surface area contributed by atoms with Crippen LogP contribution < -0.4 is 5.32 Å². The second-order valence-electron chi connectivity index (χ2n) is 6.32. The molecule has 21 heavy (non-hydrogen) atoms. The van der Waals surface area contributed by atoms with Gasteiger partial charge >= 0.3 is 0 Å². The third-order valence-electron chi connectivity index (χ3n) is 3.63. The van der Waals surface area contributed by atoms with Crippen molar-refractivity contribution in [3.8, 4) is 0 Å². The van der Waals surface area contributed by atoms with Gasteiger partial charge < -0.3 is 10.4 Å². The van der Waals surface area contributed by atoms with Crippen LogP contribution in [0.15, 0.2) is 0 Å². The Bertz CT molecular complexity index is 466. The predicted molar refractivity (Wildman–Crippen MR) is 84.1 cm³/mol. The molecular formula is C16H29N3O2. The van der Waals surface area contributed by atoms with Gasteiger partial charge in [-0.25, -0.2) is 0 Å². The summed E-state index contributed by atoms with van der Waals surface area (Å²) in [6.45, 7) is 11.9. The first kappa shape index (κ1) is 17.7. The third-order valence-corrected chi connectivity index (χ3v) is 3.63. The molecule has 0 saturated heterocycles. The maximum Gasteiger partial charge on any atom is 0.220 e. The van der Waals surface area contributed by atoms with Gasteiger partial charge in [-0.2, -0.15) is 5.10 Å². The number of amides is 1. The Morgan fingerprint density at radius 1 is 1.33 bits per heavy atom. The summed E-state index contributed by atoms with van der Waals surface area (Å²) in [6.07, 6.45) is 1.18. The highest BCUT2D eigenvalue weighted by Gasteiger charge is 2.14. The second-order valence-corrected chi connectivity index (χ2v) is 6.32. The van der Waals surface area contributed by atoms with Crippen molar-refractivity contribution in [2.24, 2.45) is 11.8 Å². The highest BCUT2D eigenvalue weighted by molar-refractivity contribution is 5.76. The number of aliphatic hydroxyl groups is 1. The van der Waals surface area contributed by atoms with E-state index in [0.717, 1.165) is 24.4 Å². The minimum Gasteiger partial charge on any atom is -0.396 e. The summed E-state index contributed by atoms with van der Waals surface area (Å²) in [5, 5.41) is 16.4. The number of rotatable bonds is 8. The van der Waals surface area contributed by atoms with Crippen molar-refractivity contribution in [3.63, 3.8) is 0 Å². The first-order valence-corrected chi connectivity index (χ1v) is 7.75. The van der Waals surface area contributed by atoms with Crippen LogP contribution >= 0.6 is 0 Å². The number of hydrogen-bond acceptors (Lipinski definition) is 3. The first-order valence-electron chi connectivity index (χ1n) is 7.75. The van der Waals surface area contributed by atoms with Crippen LogP contribution in [0.1, 0.15) is 44.1 Å². The molecule has 1 atom stereocenters. The molecule has 5 nitrogen and oxygen atoms in total. The normalized spacial score (nSPS) is 12.7. The molecule has 0 aliphatic carbocycles. The molecule has 1 heterocycles. The van der Waals surface area contributed by atoms with Gasteiger partial charge in [0.2, 0.25) is 5.91 Å². The molecule has 1 aromatic heterocycles. The molecule has 0 aromatic carbocycles. The highest BCUT2D eigenvalue weighted by atomic mass is 16.3. The summed E-state index contributed by atoms with van der Waals surface area (Å²) in [5.74, 6) is 0.691. The Hall–Kier alpha value is -1.36. The quantitative estimate of drug-likeness (QED) is 0.769. The number of aliphatic hydroxyl groups excluding tert-OH is 1. The van der Waals surface area contributed by atoms with Crippen LogP contribution in [-0.4, -0.2) is 33.9 Å². The Balaban J connectivity index is 2.55. The van der Waals surface area contributed by atoms with Gasteiger partial charge in [0.1, 0.15) is 0 Å². The molecule has 1 amide bonds. The third kappa shape index (κ3) is 5.50. The highest BCUT2D eigenvalue weighted by Crippen LogP contribution is 2.16. The van der Waals surface area contributed by atoms with Crippen molar-refractivity contribution in [1.82, 2.24) is 15.1 Å². The maximum absolute atomic E-state index is 11.8.